The molecule has 0 radical (unpaired) electrons. The van der Waals surface area contributed by atoms with Gasteiger partial charge in [0, 0.05) is 6.04 Å². The zero-order chi connectivity index (χ0) is 11.9. The van der Waals surface area contributed by atoms with Crippen molar-refractivity contribution < 1.29 is 17.6 Å². The second-order valence-electron chi connectivity index (χ2n) is 4.10. The Labute approximate surface area is 90.3 Å². The monoisotopic (exact) mass is 233 g/mol. The van der Waals surface area contributed by atoms with Gasteiger partial charge in [-0.3, -0.25) is 0 Å². The Balaban J connectivity index is 2.47. The lowest BCUT2D eigenvalue weighted by Crippen LogP contribution is -2.28. The van der Waals surface area contributed by atoms with E-state index in [0.29, 0.717) is 30.4 Å². The summed E-state index contributed by atoms with van der Waals surface area (Å²) < 4.78 is 50.6. The summed E-state index contributed by atoms with van der Waals surface area (Å²) in [5.74, 6) is -1.19. The quantitative estimate of drug-likeness (QED) is 0.685. The van der Waals surface area contributed by atoms with Gasteiger partial charge in [-0.1, -0.05) is 0 Å². The van der Waals surface area contributed by atoms with E-state index in [9.17, 15) is 17.6 Å². The summed E-state index contributed by atoms with van der Waals surface area (Å²) in [6.07, 6.45) is -3.01. The predicted octanol–water partition coefficient (Wildman–Crippen LogP) is 2.66. The summed E-state index contributed by atoms with van der Waals surface area (Å²) in [5.41, 5.74) is 5.64. The number of fused-ring (bicyclic) bond motifs is 1. The molecule has 1 aromatic rings. The van der Waals surface area contributed by atoms with Gasteiger partial charge in [0.05, 0.1) is 5.56 Å². The first-order chi connectivity index (χ1) is 7.38. The van der Waals surface area contributed by atoms with Crippen LogP contribution in [0, 0.1) is 5.82 Å². The molecule has 1 atom stereocenters. The van der Waals surface area contributed by atoms with Crippen molar-refractivity contribution in [1.29, 1.82) is 0 Å². The number of hydrogen-bond acceptors (Lipinski definition) is 1. The highest BCUT2D eigenvalue weighted by atomic mass is 19.4. The first kappa shape index (κ1) is 11.4. The largest absolute Gasteiger partial charge is 0.419 e. The topological polar surface area (TPSA) is 26.0 Å². The maximum atomic E-state index is 13.2. The standard InChI is InChI=1S/C11H11F4N/c12-10-5-6-1-2-8(16)3-7(6)4-9(10)11(13,14)15/h4-5,8H,1-3,16H2. The van der Waals surface area contributed by atoms with E-state index in [1.807, 2.05) is 0 Å². The number of benzene rings is 1. The Kier molecular flexibility index (Phi) is 2.66. The average Bonchev–Trinajstić information content (AvgIpc) is 2.16. The van der Waals surface area contributed by atoms with Crippen molar-refractivity contribution >= 4 is 0 Å². The van der Waals surface area contributed by atoms with Crippen LogP contribution in [0.4, 0.5) is 17.6 Å². The number of nitrogens with two attached hydrogens (primary N) is 1. The minimum Gasteiger partial charge on any atom is -0.327 e. The summed E-state index contributed by atoms with van der Waals surface area (Å²) >= 11 is 0. The molecule has 1 aliphatic carbocycles. The van der Waals surface area contributed by atoms with E-state index in [4.69, 9.17) is 5.73 Å². The van der Waals surface area contributed by atoms with E-state index in [2.05, 4.69) is 0 Å². The lowest BCUT2D eigenvalue weighted by molar-refractivity contribution is -0.140. The van der Waals surface area contributed by atoms with Crippen molar-refractivity contribution in [3.05, 3.63) is 34.6 Å². The molecule has 1 nitrogen and oxygen atoms in total. The first-order valence-electron chi connectivity index (χ1n) is 5.02. The summed E-state index contributed by atoms with van der Waals surface area (Å²) in [6, 6.07) is 1.76. The lowest BCUT2D eigenvalue weighted by Gasteiger charge is -2.22. The van der Waals surface area contributed by atoms with Crippen LogP contribution in [0.2, 0.25) is 0 Å². The van der Waals surface area contributed by atoms with Crippen LogP contribution in [0.1, 0.15) is 23.1 Å². The van der Waals surface area contributed by atoms with E-state index >= 15 is 0 Å². The zero-order valence-electron chi connectivity index (χ0n) is 8.44. The van der Waals surface area contributed by atoms with Gasteiger partial charge in [0.15, 0.2) is 0 Å². The second-order valence-corrected chi connectivity index (χ2v) is 4.10. The minimum atomic E-state index is -4.64. The predicted molar refractivity (Wildman–Crippen MR) is 51.4 cm³/mol. The van der Waals surface area contributed by atoms with Crippen molar-refractivity contribution in [1.82, 2.24) is 0 Å². The second kappa shape index (κ2) is 3.73. The van der Waals surface area contributed by atoms with Gasteiger partial charge in [-0.25, -0.2) is 4.39 Å². The van der Waals surface area contributed by atoms with E-state index in [0.717, 1.165) is 12.1 Å². The Morgan fingerprint density at radius 2 is 1.88 bits per heavy atom. The molecule has 0 fully saturated rings. The normalized spacial score (nSPS) is 20.7. The Morgan fingerprint density at radius 3 is 2.50 bits per heavy atom. The molecule has 2 rings (SSSR count). The van der Waals surface area contributed by atoms with Gasteiger partial charge in [0.25, 0.3) is 0 Å². The van der Waals surface area contributed by atoms with Crippen molar-refractivity contribution in [2.75, 3.05) is 0 Å². The molecular formula is C11H11F4N. The lowest BCUT2D eigenvalue weighted by atomic mass is 9.87. The fourth-order valence-electron chi connectivity index (χ4n) is 2.02. The SMILES string of the molecule is NC1CCc2cc(F)c(C(F)(F)F)cc2C1. The van der Waals surface area contributed by atoms with Crippen molar-refractivity contribution in [2.24, 2.45) is 5.73 Å². The fourth-order valence-corrected chi connectivity index (χ4v) is 2.02. The molecule has 16 heavy (non-hydrogen) atoms. The van der Waals surface area contributed by atoms with Crippen LogP contribution >= 0.6 is 0 Å². The van der Waals surface area contributed by atoms with Crippen LogP contribution in [0.5, 0.6) is 0 Å². The molecule has 88 valence electrons. The molecule has 0 aromatic heterocycles. The summed E-state index contributed by atoms with van der Waals surface area (Å²) in [6.45, 7) is 0. The Morgan fingerprint density at radius 1 is 1.19 bits per heavy atom. The number of aryl methyl sites for hydroxylation is 1. The highest BCUT2D eigenvalue weighted by Crippen LogP contribution is 2.34. The van der Waals surface area contributed by atoms with Gasteiger partial charge in [-0.2, -0.15) is 13.2 Å². The highest BCUT2D eigenvalue weighted by molar-refractivity contribution is 5.37. The van der Waals surface area contributed by atoms with E-state index in [-0.39, 0.29) is 6.04 Å². The van der Waals surface area contributed by atoms with Gasteiger partial charge in [-0.15, -0.1) is 0 Å². The van der Waals surface area contributed by atoms with Crippen molar-refractivity contribution in [3.8, 4) is 0 Å². The molecule has 0 spiro atoms. The first-order valence-corrected chi connectivity index (χ1v) is 5.02. The smallest absolute Gasteiger partial charge is 0.327 e. The highest BCUT2D eigenvalue weighted by Gasteiger charge is 2.35. The molecule has 1 aromatic carbocycles. The maximum absolute atomic E-state index is 13.2. The van der Waals surface area contributed by atoms with Crippen LogP contribution in [0.25, 0.3) is 0 Å². The molecule has 2 N–H and O–H groups in total. The maximum Gasteiger partial charge on any atom is 0.419 e. The van der Waals surface area contributed by atoms with E-state index in [1.165, 1.54) is 0 Å². The van der Waals surface area contributed by atoms with Gasteiger partial charge >= 0.3 is 6.18 Å². The molecule has 0 amide bonds. The summed E-state index contributed by atoms with van der Waals surface area (Å²) in [4.78, 5) is 0. The molecule has 0 saturated carbocycles. The molecule has 1 unspecified atom stereocenters. The molecule has 0 bridgehead atoms. The number of alkyl halides is 3. The van der Waals surface area contributed by atoms with E-state index in [1.54, 1.807) is 0 Å². The number of rotatable bonds is 0. The molecule has 0 heterocycles. The average molecular weight is 233 g/mol. The van der Waals surface area contributed by atoms with Gasteiger partial charge in [0.1, 0.15) is 5.82 Å². The molecule has 5 heteroatoms. The Hall–Kier alpha value is -1.10. The van der Waals surface area contributed by atoms with Gasteiger partial charge < -0.3 is 5.73 Å². The fraction of sp³-hybridized carbons (Fsp3) is 0.455. The molecular weight excluding hydrogens is 222 g/mol. The minimum absolute atomic E-state index is 0.126. The van der Waals surface area contributed by atoms with Gasteiger partial charge in [-0.05, 0) is 42.5 Å². The van der Waals surface area contributed by atoms with Crippen molar-refractivity contribution in [2.45, 2.75) is 31.5 Å². The number of halogens is 4. The third-order valence-electron chi connectivity index (χ3n) is 2.86. The molecule has 1 aliphatic rings. The van der Waals surface area contributed by atoms with Crippen LogP contribution < -0.4 is 5.73 Å². The van der Waals surface area contributed by atoms with E-state index < -0.39 is 17.6 Å². The molecule has 0 saturated heterocycles. The van der Waals surface area contributed by atoms with Crippen LogP contribution in [0.3, 0.4) is 0 Å². The van der Waals surface area contributed by atoms with Crippen LogP contribution in [-0.2, 0) is 19.0 Å². The number of hydrogen-bond donors (Lipinski definition) is 1. The van der Waals surface area contributed by atoms with Gasteiger partial charge in [0.2, 0.25) is 0 Å². The third-order valence-corrected chi connectivity index (χ3v) is 2.86. The summed E-state index contributed by atoms with van der Waals surface area (Å²) in [5, 5.41) is 0. The molecule has 0 aliphatic heterocycles. The third kappa shape index (κ3) is 2.04. The van der Waals surface area contributed by atoms with Crippen molar-refractivity contribution in [3.63, 3.8) is 0 Å². The van der Waals surface area contributed by atoms with Crippen LogP contribution in [-0.4, -0.2) is 6.04 Å². The zero-order valence-corrected chi connectivity index (χ0v) is 8.44. The summed E-state index contributed by atoms with van der Waals surface area (Å²) in [7, 11) is 0. The Bertz CT molecular complexity index is 411. The van der Waals surface area contributed by atoms with Crippen LogP contribution in [0.15, 0.2) is 12.1 Å².